The lowest BCUT2D eigenvalue weighted by Gasteiger charge is -2.14. The number of hydrogen-bond acceptors (Lipinski definition) is 2. The Morgan fingerprint density at radius 3 is 2.32 bits per heavy atom. The minimum Gasteiger partial charge on any atom is -0.507 e. The van der Waals surface area contributed by atoms with Crippen LogP contribution in [0.25, 0.3) is 11.1 Å². The van der Waals surface area contributed by atoms with Crippen molar-refractivity contribution >= 4 is 0 Å². The van der Waals surface area contributed by atoms with Crippen LogP contribution in [0.4, 0.5) is 13.2 Å². The summed E-state index contributed by atoms with van der Waals surface area (Å²) in [5.74, 6) is 0.155. The van der Waals surface area contributed by atoms with Crippen LogP contribution in [0.15, 0.2) is 42.5 Å². The Balaban J connectivity index is 2.65. The number of aromatic hydroxyl groups is 1. The number of rotatable bonds is 2. The quantitative estimate of drug-likeness (QED) is 0.889. The van der Waals surface area contributed by atoms with Crippen molar-refractivity contribution in [3.05, 3.63) is 48.0 Å². The monoisotopic (exact) mass is 268 g/mol. The average molecular weight is 268 g/mol. The van der Waals surface area contributed by atoms with E-state index in [2.05, 4.69) is 0 Å². The molecule has 0 saturated heterocycles. The number of halogens is 3. The molecule has 0 bridgehead atoms. The predicted octanol–water partition coefficient (Wildman–Crippen LogP) is 4.09. The summed E-state index contributed by atoms with van der Waals surface area (Å²) in [4.78, 5) is 0. The first-order valence-electron chi connectivity index (χ1n) is 5.47. The maximum atomic E-state index is 12.9. The van der Waals surface area contributed by atoms with Gasteiger partial charge in [-0.05, 0) is 29.8 Å². The molecule has 0 unspecified atom stereocenters. The Morgan fingerprint density at radius 2 is 1.68 bits per heavy atom. The fourth-order valence-corrected chi connectivity index (χ4v) is 1.82. The standard InChI is InChI=1S/C14H11F3O2/c1-19-9-6-7-13(18)11(8-9)10-4-2-3-5-12(10)14(15,16)17/h2-8,18H,1H3. The summed E-state index contributed by atoms with van der Waals surface area (Å²) in [7, 11) is 1.41. The second-order valence-electron chi connectivity index (χ2n) is 3.93. The van der Waals surface area contributed by atoms with Crippen molar-refractivity contribution in [2.75, 3.05) is 7.11 Å². The highest BCUT2D eigenvalue weighted by Crippen LogP contribution is 2.40. The van der Waals surface area contributed by atoms with E-state index in [0.29, 0.717) is 5.75 Å². The van der Waals surface area contributed by atoms with Gasteiger partial charge in [0.2, 0.25) is 0 Å². The molecule has 100 valence electrons. The number of hydrogen-bond donors (Lipinski definition) is 1. The van der Waals surface area contributed by atoms with E-state index < -0.39 is 11.7 Å². The molecule has 0 aliphatic rings. The molecule has 1 N–H and O–H groups in total. The van der Waals surface area contributed by atoms with E-state index >= 15 is 0 Å². The molecule has 2 nitrogen and oxygen atoms in total. The number of methoxy groups -OCH3 is 1. The molecular formula is C14H11F3O2. The number of alkyl halides is 3. The highest BCUT2D eigenvalue weighted by molar-refractivity contribution is 5.74. The largest absolute Gasteiger partial charge is 0.507 e. The van der Waals surface area contributed by atoms with Crippen molar-refractivity contribution in [1.29, 1.82) is 0 Å². The molecule has 0 saturated carbocycles. The minimum absolute atomic E-state index is 0.0774. The molecule has 0 heterocycles. The van der Waals surface area contributed by atoms with E-state index in [1.54, 1.807) is 0 Å². The van der Waals surface area contributed by atoms with Gasteiger partial charge in [0.1, 0.15) is 11.5 Å². The number of phenols is 1. The van der Waals surface area contributed by atoms with Gasteiger partial charge < -0.3 is 9.84 Å². The first kappa shape index (κ1) is 13.3. The second kappa shape index (κ2) is 4.84. The van der Waals surface area contributed by atoms with Crippen molar-refractivity contribution in [3.8, 4) is 22.6 Å². The Morgan fingerprint density at radius 1 is 1.00 bits per heavy atom. The van der Waals surface area contributed by atoms with Crippen LogP contribution in [0.5, 0.6) is 11.5 Å². The van der Waals surface area contributed by atoms with Gasteiger partial charge in [-0.25, -0.2) is 0 Å². The third-order valence-electron chi connectivity index (χ3n) is 2.73. The van der Waals surface area contributed by atoms with Crippen LogP contribution in [-0.2, 0) is 6.18 Å². The van der Waals surface area contributed by atoms with Crippen molar-refractivity contribution in [2.45, 2.75) is 6.18 Å². The predicted molar refractivity (Wildman–Crippen MR) is 65.1 cm³/mol. The topological polar surface area (TPSA) is 29.5 Å². The molecule has 2 aromatic rings. The van der Waals surface area contributed by atoms with Crippen molar-refractivity contribution in [1.82, 2.24) is 0 Å². The third-order valence-corrected chi connectivity index (χ3v) is 2.73. The Bertz CT molecular complexity index is 591. The maximum absolute atomic E-state index is 12.9. The molecule has 0 radical (unpaired) electrons. The molecule has 0 aromatic heterocycles. The summed E-state index contributed by atoms with van der Waals surface area (Å²) in [6.07, 6.45) is -4.48. The number of benzene rings is 2. The number of phenolic OH excluding ortho intramolecular Hbond substituents is 1. The molecule has 19 heavy (non-hydrogen) atoms. The van der Waals surface area contributed by atoms with E-state index in [-0.39, 0.29) is 16.9 Å². The van der Waals surface area contributed by atoms with Crippen molar-refractivity contribution in [2.24, 2.45) is 0 Å². The molecule has 0 atom stereocenters. The van der Waals surface area contributed by atoms with Crippen molar-refractivity contribution in [3.63, 3.8) is 0 Å². The molecule has 0 aliphatic heterocycles. The normalized spacial score (nSPS) is 11.4. The Labute approximate surface area is 108 Å². The Kier molecular flexibility index (Phi) is 3.38. The van der Waals surface area contributed by atoms with E-state index in [4.69, 9.17) is 4.74 Å². The molecule has 5 heteroatoms. The van der Waals surface area contributed by atoms with Crippen LogP contribution < -0.4 is 4.74 Å². The lowest BCUT2D eigenvalue weighted by Crippen LogP contribution is -2.06. The number of ether oxygens (including phenoxy) is 1. The van der Waals surface area contributed by atoms with Gasteiger partial charge >= 0.3 is 6.18 Å². The zero-order valence-electron chi connectivity index (χ0n) is 10.0. The van der Waals surface area contributed by atoms with Crippen LogP contribution in [0.2, 0.25) is 0 Å². The summed E-state index contributed by atoms with van der Waals surface area (Å²) in [5.41, 5.74) is -0.780. The highest BCUT2D eigenvalue weighted by Gasteiger charge is 2.33. The van der Waals surface area contributed by atoms with E-state index in [9.17, 15) is 18.3 Å². The average Bonchev–Trinajstić information content (AvgIpc) is 2.38. The summed E-state index contributed by atoms with van der Waals surface area (Å²) in [6.45, 7) is 0. The fourth-order valence-electron chi connectivity index (χ4n) is 1.82. The van der Waals surface area contributed by atoms with Gasteiger partial charge in [0, 0.05) is 5.56 Å². The van der Waals surface area contributed by atoms with Gasteiger partial charge in [0.15, 0.2) is 0 Å². The van der Waals surface area contributed by atoms with Crippen molar-refractivity contribution < 1.29 is 23.0 Å². The first-order valence-corrected chi connectivity index (χ1v) is 5.47. The summed E-state index contributed by atoms with van der Waals surface area (Å²) in [6, 6.07) is 9.26. The van der Waals surface area contributed by atoms with E-state index in [1.165, 1.54) is 43.5 Å². The van der Waals surface area contributed by atoms with Gasteiger partial charge in [-0.2, -0.15) is 13.2 Å². The molecule has 2 rings (SSSR count). The first-order chi connectivity index (χ1) is 8.93. The molecule has 0 fully saturated rings. The Hall–Kier alpha value is -2.17. The van der Waals surface area contributed by atoms with E-state index in [0.717, 1.165) is 6.07 Å². The van der Waals surface area contributed by atoms with Gasteiger partial charge in [0.25, 0.3) is 0 Å². The van der Waals surface area contributed by atoms with Gasteiger partial charge in [0.05, 0.1) is 12.7 Å². The molecule has 0 amide bonds. The lowest BCUT2D eigenvalue weighted by molar-refractivity contribution is -0.137. The van der Waals surface area contributed by atoms with Gasteiger partial charge in [-0.1, -0.05) is 18.2 Å². The fraction of sp³-hybridized carbons (Fsp3) is 0.143. The highest BCUT2D eigenvalue weighted by atomic mass is 19.4. The molecular weight excluding hydrogens is 257 g/mol. The van der Waals surface area contributed by atoms with Crippen LogP contribution in [0.1, 0.15) is 5.56 Å². The van der Waals surface area contributed by atoms with Crippen LogP contribution in [0.3, 0.4) is 0 Å². The molecule has 0 aliphatic carbocycles. The third kappa shape index (κ3) is 2.65. The van der Waals surface area contributed by atoms with Gasteiger partial charge in [-0.3, -0.25) is 0 Å². The van der Waals surface area contributed by atoms with Crippen LogP contribution >= 0.6 is 0 Å². The van der Waals surface area contributed by atoms with Crippen LogP contribution in [0, 0.1) is 0 Å². The minimum atomic E-state index is -4.48. The molecule has 2 aromatic carbocycles. The summed E-state index contributed by atoms with van der Waals surface area (Å²) in [5, 5.41) is 9.75. The smallest absolute Gasteiger partial charge is 0.417 e. The second-order valence-corrected chi connectivity index (χ2v) is 3.93. The lowest BCUT2D eigenvalue weighted by atomic mass is 9.98. The zero-order valence-corrected chi connectivity index (χ0v) is 10.0. The SMILES string of the molecule is COc1ccc(O)c(-c2ccccc2C(F)(F)F)c1. The molecule has 0 spiro atoms. The van der Waals surface area contributed by atoms with E-state index in [1.807, 2.05) is 0 Å². The van der Waals surface area contributed by atoms with Gasteiger partial charge in [-0.15, -0.1) is 0 Å². The summed E-state index contributed by atoms with van der Waals surface area (Å²) < 4.78 is 43.8. The zero-order chi connectivity index (χ0) is 14.0. The summed E-state index contributed by atoms with van der Waals surface area (Å²) >= 11 is 0. The maximum Gasteiger partial charge on any atom is 0.417 e. The van der Waals surface area contributed by atoms with Crippen LogP contribution in [-0.4, -0.2) is 12.2 Å².